The average molecular weight is 2000 g/mol. The van der Waals surface area contributed by atoms with Crippen LogP contribution in [0.1, 0.15) is 167 Å². The number of hydrogen-bond donors (Lipinski definition) is 16. The fourth-order valence-electron chi connectivity index (χ4n) is 20.9. The van der Waals surface area contributed by atoms with Gasteiger partial charge in [0, 0.05) is 91.3 Å². The highest BCUT2D eigenvalue weighted by molar-refractivity contribution is 6.03. The van der Waals surface area contributed by atoms with Crippen LogP contribution in [0.3, 0.4) is 0 Å². The number of nitrogens with zero attached hydrogens (tertiary/aromatic N) is 2. The molecule has 41 heteroatoms. The molecule has 2 unspecified atom stereocenters. The maximum absolute atomic E-state index is 18.1. The van der Waals surface area contributed by atoms with Crippen LogP contribution < -0.4 is 69.1 Å². The van der Waals surface area contributed by atoms with E-state index in [1.54, 1.807) is 44.7 Å². The van der Waals surface area contributed by atoms with Crippen molar-refractivity contribution >= 4 is 75.6 Å². The summed E-state index contributed by atoms with van der Waals surface area (Å²) in [6.07, 6.45) is -4.68. The van der Waals surface area contributed by atoms with E-state index in [1.165, 1.54) is 36.2 Å². The van der Waals surface area contributed by atoms with Crippen LogP contribution in [0, 0.1) is 34.5 Å². The molecule has 4 aliphatic heterocycles. The Balaban J connectivity index is 0.569. The lowest BCUT2D eigenvalue weighted by molar-refractivity contribution is -0.266. The Bertz CT molecular complexity index is 4850. The van der Waals surface area contributed by atoms with Gasteiger partial charge in [0.05, 0.1) is 152 Å². The van der Waals surface area contributed by atoms with Gasteiger partial charge in [0.15, 0.2) is 35.4 Å². The van der Waals surface area contributed by atoms with Crippen LogP contribution >= 0.6 is 0 Å². The van der Waals surface area contributed by atoms with Gasteiger partial charge in [-0.2, -0.15) is 0 Å². The molecule has 0 spiro atoms. The fraction of sp³-hybridized carbons (Fsp3) is 0.653. The number of ether oxygens (including phenoxy) is 12. The van der Waals surface area contributed by atoms with Crippen molar-refractivity contribution in [1.29, 1.82) is 0 Å². The zero-order valence-corrected chi connectivity index (χ0v) is 82.5. The number of allylic oxidation sites excluding steroid dienone is 5. The standard InChI is InChI=1S/C101H147F2N13O26/c1-8-18-87-141-82-56-70-71-55-73(102)72-54-66(118)32-34-98(72,5)100(71,103)80(120)57-99(70,6)101(82,142-87)81(121)60-138-67-28-26-65(27-29-67)109-95(129)63(4)53-77(119)88(62(2)3)111-96(130)74(22-16-17-35-106-85(124)61-139-78-25-11-9-10-24-76-91(78)113-114-116(76)97-94(128)93(127)92(126)79(59-117)140-97)110-84(123)33-39-131-43-47-135-51-52-137-49-45-133-41-37-107-83(122)30-31-86(125)115-58-64-19-12-13-20-68(64)89(90(112-104)69-21-14-15-23-75(69)115)108-38-42-134-46-50-136-48-44-132-40-36-105-7/h12-15,19-21,23,26-29,32,34,54,62-63,70-71,73-74,78-80,82,87-88,92-94,97,105,108,112-114,117,120,126-128H,8-11,16-18,22,24-25,30-31,33,35-53,55-61,104H2,1-7H3,(H,106,124)(H,107,122)(H,109,129)(H,110,123)(H,111,130)/b90-89-/t63-,70+,71+,73+,74-,78?,79-,80+,82-,87?,88+,92+,93+,94-,97-,98+,99+,100+,101-/m1/s1. The monoisotopic (exact) mass is 2000 g/mol. The van der Waals surface area contributed by atoms with Crippen LogP contribution in [-0.2, 0) is 102 Å². The van der Waals surface area contributed by atoms with Gasteiger partial charge in [-0.15, -0.1) is 5.53 Å². The number of anilines is 2. The summed E-state index contributed by atoms with van der Waals surface area (Å²) in [5.41, 5.74) is 7.90. The average Bonchev–Trinajstić information content (AvgIpc) is 1.48. The number of hydrazine groups is 3. The molecule has 4 heterocycles. The van der Waals surface area contributed by atoms with Crippen LogP contribution in [0.5, 0.6) is 5.75 Å². The molecule has 0 bridgehead atoms. The lowest BCUT2D eigenvalue weighted by Gasteiger charge is -2.63. The van der Waals surface area contributed by atoms with Crippen molar-refractivity contribution in [1.82, 2.24) is 53.3 Å². The number of aliphatic hydroxyl groups excluding tert-OH is 5. The van der Waals surface area contributed by atoms with E-state index in [-0.39, 0.29) is 154 Å². The molecule has 0 aromatic heterocycles. The molecule has 2 saturated heterocycles. The molecule has 19 atom stereocenters. The quantitative estimate of drug-likeness (QED) is 0.0215. The SMILES string of the molecule is CCCC1O[C@@H]2C[C@H]3[C@@H]4C[C@H](F)C5=CC(=O)C=C[C@]5(C)[C@@]4(F)[C@@H](O)C[C@]3(C)[C@]2(C(=O)COc2ccc(NC(=O)[C@H](C)CC(=O)[C@@H](NC(=O)[C@@H](CCCCNC(=O)COC3CCCCCC4=C3NNN4[C@@H]3O[C@H](CO)[C@H](O)[C@H](O)[C@H]3O)NC(=O)CCOCCOCCOCCOCCNC(=O)CCC(=O)N3Cc4ccccc4/C(NCCOCCOCCOCCNC)=C(/NN)c4ccccc43)C(C)C)cc2)O1. The van der Waals surface area contributed by atoms with E-state index in [2.05, 4.69) is 53.6 Å². The molecular formula is C101H147F2N13O26. The van der Waals surface area contributed by atoms with E-state index < -0.39 is 173 Å². The number of carbonyl (C=O) groups is 9. The zero-order chi connectivity index (χ0) is 102. The van der Waals surface area contributed by atoms with E-state index >= 15 is 8.78 Å². The number of unbranched alkanes of at least 4 members (excludes halogenated alkanes) is 1. The molecule has 39 nitrogen and oxygen atoms in total. The molecule has 0 radical (unpaired) electrons. The van der Waals surface area contributed by atoms with E-state index in [0.717, 1.165) is 48.7 Å². The summed E-state index contributed by atoms with van der Waals surface area (Å²) in [6, 6.07) is 19.1. The van der Waals surface area contributed by atoms with Gasteiger partial charge >= 0.3 is 0 Å². The predicted octanol–water partition coefficient (Wildman–Crippen LogP) is 4.02. The lowest BCUT2D eigenvalue weighted by Crippen LogP contribution is -2.71. The van der Waals surface area contributed by atoms with Crippen molar-refractivity contribution < 1.29 is 134 Å². The number of halogens is 2. The molecule has 5 fully saturated rings. The minimum Gasteiger partial charge on any atom is -0.486 e. The summed E-state index contributed by atoms with van der Waals surface area (Å²) in [7, 11) is 1.87. The number of hydrogen-bond acceptors (Lipinski definition) is 33. The number of alkyl halides is 2. The molecular weight excluding hydrogens is 1850 g/mol. The van der Waals surface area contributed by atoms with Gasteiger partial charge in [-0.3, -0.25) is 54.0 Å². The van der Waals surface area contributed by atoms with Gasteiger partial charge < -0.3 is 135 Å². The molecule has 142 heavy (non-hydrogen) atoms. The Labute approximate surface area is 827 Å². The number of rotatable bonds is 57. The van der Waals surface area contributed by atoms with Crippen LogP contribution in [0.25, 0.3) is 11.4 Å². The normalized spacial score (nSPS) is 27.7. The van der Waals surface area contributed by atoms with E-state index in [9.17, 15) is 68.7 Å². The summed E-state index contributed by atoms with van der Waals surface area (Å²) in [5.74, 6) is -0.810. The van der Waals surface area contributed by atoms with Crippen molar-refractivity contribution in [2.75, 3.05) is 156 Å². The third kappa shape index (κ3) is 27.3. The molecule has 17 N–H and O–H groups in total. The third-order valence-electron chi connectivity index (χ3n) is 28.5. The first kappa shape index (κ1) is 111. The highest BCUT2D eigenvalue weighted by atomic mass is 19.1. The van der Waals surface area contributed by atoms with Crippen molar-refractivity contribution in [2.24, 2.45) is 40.3 Å². The molecule has 12 rings (SSSR count). The van der Waals surface area contributed by atoms with E-state index in [1.807, 2.05) is 62.5 Å². The highest BCUT2D eigenvalue weighted by Gasteiger charge is 2.80. The Morgan fingerprint density at radius 2 is 1.35 bits per heavy atom. The Morgan fingerprint density at radius 3 is 2.03 bits per heavy atom. The number of Topliss-reactive ketones (excluding diaryl/α,β-unsaturated/α-hetero) is 2. The van der Waals surface area contributed by atoms with Gasteiger partial charge in [-0.05, 0) is 144 Å². The number of nitrogens with one attached hydrogen (secondary N) is 10. The van der Waals surface area contributed by atoms with Gasteiger partial charge in [-0.25, -0.2) is 8.78 Å². The minimum absolute atomic E-state index is 0.0132. The zero-order valence-electron chi connectivity index (χ0n) is 82.5. The van der Waals surface area contributed by atoms with Crippen LogP contribution in [0.2, 0.25) is 0 Å². The molecule has 5 aliphatic carbocycles. The lowest BCUT2D eigenvalue weighted by atomic mass is 9.44. The van der Waals surface area contributed by atoms with Crippen molar-refractivity contribution in [3.05, 3.63) is 125 Å². The number of aliphatic hydroxyl groups is 5. The van der Waals surface area contributed by atoms with Gasteiger partial charge in [0.25, 0.3) is 0 Å². The number of carbonyl (C=O) groups excluding carboxylic acids is 9. The van der Waals surface area contributed by atoms with Gasteiger partial charge in [0.1, 0.15) is 61.7 Å². The topological polar surface area (TPSA) is 518 Å². The van der Waals surface area contributed by atoms with E-state index in [0.29, 0.717) is 119 Å². The number of benzene rings is 3. The molecule has 786 valence electrons. The van der Waals surface area contributed by atoms with Crippen LogP contribution in [0.4, 0.5) is 20.2 Å². The second-order valence-corrected chi connectivity index (χ2v) is 38.3. The highest BCUT2D eigenvalue weighted by Crippen LogP contribution is 2.72. The summed E-state index contributed by atoms with van der Waals surface area (Å²) < 4.78 is 106. The van der Waals surface area contributed by atoms with Gasteiger partial charge in [-0.1, -0.05) is 102 Å². The van der Waals surface area contributed by atoms with E-state index in [4.69, 9.17) is 62.7 Å². The number of nitrogens with two attached hydrogens (primary N) is 1. The second-order valence-electron chi connectivity index (χ2n) is 38.3. The second kappa shape index (κ2) is 53.6. The van der Waals surface area contributed by atoms with Crippen molar-refractivity contribution in [2.45, 2.75) is 242 Å². The predicted molar refractivity (Wildman–Crippen MR) is 516 cm³/mol. The number of fused-ring (bicyclic) bond motifs is 9. The van der Waals surface area contributed by atoms with Gasteiger partial charge in [0.2, 0.25) is 41.2 Å². The van der Waals surface area contributed by atoms with Crippen molar-refractivity contribution in [3.63, 3.8) is 0 Å². The molecule has 3 aromatic carbocycles. The Hall–Kier alpha value is -9.45. The van der Waals surface area contributed by atoms with Crippen LogP contribution in [-0.4, -0.2) is 314 Å². The molecule has 6 amide bonds. The molecule has 3 saturated carbocycles. The summed E-state index contributed by atoms with van der Waals surface area (Å²) in [4.78, 5) is 126. The number of amides is 6. The summed E-state index contributed by atoms with van der Waals surface area (Å²) in [5, 5.41) is 76.2. The minimum atomic E-state index is -2.39. The maximum atomic E-state index is 18.1. The first-order chi connectivity index (χ1) is 68.4. The number of likely N-dealkylation sites (N-methyl/N-ethyl adjacent to an activating group) is 1. The number of para-hydroxylation sites is 1. The fourth-order valence-corrected chi connectivity index (χ4v) is 20.9. The maximum Gasteiger partial charge on any atom is 0.246 e. The van der Waals surface area contributed by atoms with Crippen LogP contribution in [0.15, 0.2) is 108 Å². The Kier molecular flexibility index (Phi) is 42.0. The Morgan fingerprint density at radius 1 is 0.683 bits per heavy atom. The first-order valence-electron chi connectivity index (χ1n) is 50.0. The molecule has 3 aromatic rings. The number of ketones is 3. The summed E-state index contributed by atoms with van der Waals surface area (Å²) >= 11 is 0. The largest absolute Gasteiger partial charge is 0.486 e. The first-order valence-corrected chi connectivity index (χ1v) is 50.0. The third-order valence-corrected chi connectivity index (χ3v) is 28.5. The molecule has 9 aliphatic rings. The summed E-state index contributed by atoms with van der Waals surface area (Å²) in [6.45, 7) is 14.8. The van der Waals surface area contributed by atoms with Crippen molar-refractivity contribution in [3.8, 4) is 5.75 Å². The smallest absolute Gasteiger partial charge is 0.246 e.